The first-order valence-corrected chi connectivity index (χ1v) is 9.29. The summed E-state index contributed by atoms with van der Waals surface area (Å²) >= 11 is 0. The Morgan fingerprint density at radius 2 is 1.39 bits per heavy atom. The van der Waals surface area contributed by atoms with Crippen LogP contribution in [0.4, 0.5) is 11.4 Å². The number of rotatable bonds is 10. The minimum atomic E-state index is 0.671. The van der Waals surface area contributed by atoms with E-state index in [0.29, 0.717) is 11.4 Å². The summed E-state index contributed by atoms with van der Waals surface area (Å²) < 4.78 is 0. The summed E-state index contributed by atoms with van der Waals surface area (Å²) in [5.74, 6) is 0. The van der Waals surface area contributed by atoms with Gasteiger partial charge in [0.1, 0.15) is 0 Å². The van der Waals surface area contributed by atoms with Crippen molar-refractivity contribution in [3.05, 3.63) is 35.9 Å². The van der Waals surface area contributed by atoms with Gasteiger partial charge < -0.3 is 11.5 Å². The second-order valence-corrected chi connectivity index (χ2v) is 6.70. The van der Waals surface area contributed by atoms with Crippen LogP contribution in [0.25, 0.3) is 10.8 Å². The zero-order chi connectivity index (χ0) is 16.5. The summed E-state index contributed by atoms with van der Waals surface area (Å²) in [5, 5.41) is 2.27. The average Bonchev–Trinajstić information content (AvgIpc) is 2.57. The number of aryl methyl sites for hydroxylation is 1. The Balaban J connectivity index is 1.70. The highest BCUT2D eigenvalue weighted by Gasteiger charge is 2.03. The molecule has 0 bridgehead atoms. The van der Waals surface area contributed by atoms with Crippen LogP contribution in [0.3, 0.4) is 0 Å². The van der Waals surface area contributed by atoms with Crippen LogP contribution in [-0.2, 0) is 6.42 Å². The number of nitrogens with two attached hydrogens (primary N) is 2. The van der Waals surface area contributed by atoms with Crippen molar-refractivity contribution < 1.29 is 0 Å². The maximum Gasteiger partial charge on any atom is 0.0627 e. The molecular formula is C21H32N2. The van der Waals surface area contributed by atoms with Crippen molar-refractivity contribution in [2.24, 2.45) is 0 Å². The molecule has 4 N–H and O–H groups in total. The van der Waals surface area contributed by atoms with E-state index in [-0.39, 0.29) is 0 Å². The van der Waals surface area contributed by atoms with E-state index in [2.05, 4.69) is 31.2 Å². The molecule has 0 fully saturated rings. The van der Waals surface area contributed by atoms with Gasteiger partial charge in [-0.3, -0.25) is 0 Å². The molecule has 2 nitrogen and oxygen atoms in total. The summed E-state index contributed by atoms with van der Waals surface area (Å²) in [6.45, 7) is 2.27. The van der Waals surface area contributed by atoms with Crippen molar-refractivity contribution in [3.63, 3.8) is 0 Å². The molecule has 0 aliphatic rings. The highest BCUT2D eigenvalue weighted by Crippen LogP contribution is 2.27. The number of hydrogen-bond donors (Lipinski definition) is 2. The van der Waals surface area contributed by atoms with E-state index in [0.717, 1.165) is 11.8 Å². The molecule has 0 heterocycles. The molecule has 0 spiro atoms. The maximum atomic E-state index is 6.04. The minimum absolute atomic E-state index is 0.671. The molecular weight excluding hydrogens is 280 g/mol. The van der Waals surface area contributed by atoms with Crippen LogP contribution in [-0.4, -0.2) is 0 Å². The third kappa shape index (κ3) is 5.46. The normalized spacial score (nSPS) is 11.2. The van der Waals surface area contributed by atoms with Crippen molar-refractivity contribution in [2.75, 3.05) is 11.5 Å². The van der Waals surface area contributed by atoms with Gasteiger partial charge in [0.15, 0.2) is 0 Å². The number of nitrogen functional groups attached to an aromatic ring is 2. The van der Waals surface area contributed by atoms with Crippen LogP contribution >= 0.6 is 0 Å². The lowest BCUT2D eigenvalue weighted by Crippen LogP contribution is -1.95. The average molecular weight is 313 g/mol. The van der Waals surface area contributed by atoms with Crippen molar-refractivity contribution in [3.8, 4) is 0 Å². The van der Waals surface area contributed by atoms with Crippen LogP contribution in [0.2, 0.25) is 0 Å². The van der Waals surface area contributed by atoms with Gasteiger partial charge in [0, 0.05) is 5.39 Å². The Morgan fingerprint density at radius 3 is 2.09 bits per heavy atom. The topological polar surface area (TPSA) is 52.0 Å². The maximum absolute atomic E-state index is 6.04. The van der Waals surface area contributed by atoms with Gasteiger partial charge in [-0.25, -0.2) is 0 Å². The first-order valence-electron chi connectivity index (χ1n) is 9.29. The van der Waals surface area contributed by atoms with Crippen molar-refractivity contribution >= 4 is 22.1 Å². The van der Waals surface area contributed by atoms with E-state index < -0.39 is 0 Å². The van der Waals surface area contributed by atoms with Crippen molar-refractivity contribution in [1.82, 2.24) is 0 Å². The first kappa shape index (κ1) is 17.7. The fourth-order valence-electron chi connectivity index (χ4n) is 3.22. The SMILES string of the molecule is CCCCCCCCCCCc1ccc2c(N)c(N)ccc2c1. The second kappa shape index (κ2) is 9.44. The van der Waals surface area contributed by atoms with E-state index in [1.165, 1.54) is 68.7 Å². The highest BCUT2D eigenvalue weighted by atomic mass is 14.7. The molecule has 2 aromatic rings. The Bertz CT molecular complexity index is 604. The van der Waals surface area contributed by atoms with Crippen molar-refractivity contribution in [2.45, 2.75) is 71.1 Å². The van der Waals surface area contributed by atoms with Gasteiger partial charge in [0.2, 0.25) is 0 Å². The number of hydrogen-bond acceptors (Lipinski definition) is 2. The summed E-state index contributed by atoms with van der Waals surface area (Å²) in [4.78, 5) is 0. The molecule has 126 valence electrons. The van der Waals surface area contributed by atoms with Crippen LogP contribution in [0.15, 0.2) is 30.3 Å². The Morgan fingerprint density at radius 1 is 0.739 bits per heavy atom. The minimum Gasteiger partial charge on any atom is -0.397 e. The first-order chi connectivity index (χ1) is 11.2. The van der Waals surface area contributed by atoms with E-state index in [1.807, 2.05) is 6.07 Å². The van der Waals surface area contributed by atoms with Crippen LogP contribution < -0.4 is 11.5 Å². The Hall–Kier alpha value is -1.70. The van der Waals surface area contributed by atoms with Gasteiger partial charge in [-0.2, -0.15) is 0 Å². The molecule has 2 aromatic carbocycles. The molecule has 0 amide bonds. The lowest BCUT2D eigenvalue weighted by atomic mass is 10.00. The molecule has 2 rings (SSSR count). The summed E-state index contributed by atoms with van der Waals surface area (Å²) in [7, 11) is 0. The number of benzene rings is 2. The van der Waals surface area contributed by atoms with Crippen LogP contribution in [0.1, 0.15) is 70.3 Å². The fraction of sp³-hybridized carbons (Fsp3) is 0.524. The van der Waals surface area contributed by atoms with Gasteiger partial charge >= 0.3 is 0 Å². The summed E-state index contributed by atoms with van der Waals surface area (Å²) in [5.41, 5.74) is 14.7. The number of fused-ring (bicyclic) bond motifs is 1. The van der Waals surface area contributed by atoms with Crippen molar-refractivity contribution in [1.29, 1.82) is 0 Å². The van der Waals surface area contributed by atoms with E-state index in [1.54, 1.807) is 0 Å². The van der Waals surface area contributed by atoms with Gasteiger partial charge in [-0.15, -0.1) is 0 Å². The highest BCUT2D eigenvalue weighted by molar-refractivity contribution is 5.98. The molecule has 0 atom stereocenters. The molecule has 0 aliphatic carbocycles. The van der Waals surface area contributed by atoms with Gasteiger partial charge in [-0.05, 0) is 29.9 Å². The molecule has 0 saturated heterocycles. The van der Waals surface area contributed by atoms with Gasteiger partial charge in [0.05, 0.1) is 11.4 Å². The lowest BCUT2D eigenvalue weighted by molar-refractivity contribution is 0.565. The van der Waals surface area contributed by atoms with Gasteiger partial charge in [-0.1, -0.05) is 82.6 Å². The second-order valence-electron chi connectivity index (χ2n) is 6.70. The van der Waals surface area contributed by atoms with E-state index in [4.69, 9.17) is 11.5 Å². The van der Waals surface area contributed by atoms with Gasteiger partial charge in [0.25, 0.3) is 0 Å². The third-order valence-electron chi connectivity index (χ3n) is 4.73. The molecule has 23 heavy (non-hydrogen) atoms. The predicted octanol–water partition coefficient (Wildman–Crippen LogP) is 6.08. The Labute approximate surface area is 141 Å². The standard InChI is InChI=1S/C21H32N2/c1-2-3-4-5-6-7-8-9-10-11-17-12-14-19-18(16-17)13-15-20(22)21(19)23/h12-16H,2-11,22-23H2,1H3. The monoisotopic (exact) mass is 312 g/mol. The van der Waals surface area contributed by atoms with Crippen LogP contribution in [0, 0.1) is 0 Å². The van der Waals surface area contributed by atoms with Crippen LogP contribution in [0.5, 0.6) is 0 Å². The zero-order valence-electron chi connectivity index (χ0n) is 14.6. The molecule has 0 radical (unpaired) electrons. The molecule has 2 heteroatoms. The lowest BCUT2D eigenvalue weighted by Gasteiger charge is -2.08. The van der Waals surface area contributed by atoms with E-state index >= 15 is 0 Å². The largest absolute Gasteiger partial charge is 0.397 e. The number of anilines is 2. The molecule has 0 aliphatic heterocycles. The smallest absolute Gasteiger partial charge is 0.0627 e. The predicted molar refractivity (Wildman–Crippen MR) is 104 cm³/mol. The molecule has 0 saturated carbocycles. The van der Waals surface area contributed by atoms with E-state index in [9.17, 15) is 0 Å². The fourth-order valence-corrected chi connectivity index (χ4v) is 3.22. The number of unbranched alkanes of at least 4 members (excludes halogenated alkanes) is 8. The zero-order valence-corrected chi connectivity index (χ0v) is 14.6. The quantitative estimate of drug-likeness (QED) is 0.413. The third-order valence-corrected chi connectivity index (χ3v) is 4.73. The summed E-state index contributed by atoms with van der Waals surface area (Å²) in [6, 6.07) is 10.5. The Kier molecular flexibility index (Phi) is 7.25. The molecule has 0 aromatic heterocycles. The molecule has 0 unspecified atom stereocenters. The summed E-state index contributed by atoms with van der Waals surface area (Å²) in [6.07, 6.45) is 13.6.